The molecule has 2 aromatic carbocycles. The Morgan fingerprint density at radius 2 is 2.04 bits per heavy atom. The van der Waals surface area contributed by atoms with Crippen molar-refractivity contribution in [2.45, 2.75) is 18.9 Å². The maximum Gasteiger partial charge on any atom is 0.233 e. The quantitative estimate of drug-likeness (QED) is 0.810. The van der Waals surface area contributed by atoms with Gasteiger partial charge in [-0.25, -0.2) is 4.39 Å². The molecule has 4 nitrogen and oxygen atoms in total. The number of nitrogens with one attached hydrogen (secondary N) is 2. The molecule has 120 valence electrons. The largest absolute Gasteiger partial charge is 0.329 e. The summed E-state index contributed by atoms with van der Waals surface area (Å²) in [7, 11) is 0. The van der Waals surface area contributed by atoms with Gasteiger partial charge in [0.05, 0.1) is 11.6 Å². The maximum absolute atomic E-state index is 14.6. The predicted molar refractivity (Wildman–Crippen MR) is 88.7 cm³/mol. The van der Waals surface area contributed by atoms with Gasteiger partial charge in [0.15, 0.2) is 0 Å². The van der Waals surface area contributed by atoms with Crippen LogP contribution in [-0.4, -0.2) is 19.0 Å². The summed E-state index contributed by atoms with van der Waals surface area (Å²) < 4.78 is 14.6. The van der Waals surface area contributed by atoms with Crippen molar-refractivity contribution in [3.63, 3.8) is 0 Å². The zero-order chi connectivity index (χ0) is 16.2. The molecule has 0 saturated carbocycles. The summed E-state index contributed by atoms with van der Waals surface area (Å²) in [6, 6.07) is 12.8. The zero-order valence-electron chi connectivity index (χ0n) is 12.8. The van der Waals surface area contributed by atoms with Gasteiger partial charge in [0.2, 0.25) is 5.91 Å². The fraction of sp³-hybridized carbons (Fsp3) is 0.278. The number of rotatable bonds is 4. The number of fused-ring (bicyclic) bond motifs is 1. The van der Waals surface area contributed by atoms with Gasteiger partial charge < -0.3 is 16.4 Å². The molecule has 5 heteroatoms. The average molecular weight is 313 g/mol. The highest BCUT2D eigenvalue weighted by Gasteiger charge is 2.22. The molecule has 4 N–H and O–H groups in total. The minimum atomic E-state index is -0.492. The highest BCUT2D eigenvalue weighted by atomic mass is 19.1. The Morgan fingerprint density at radius 1 is 1.26 bits per heavy atom. The number of hydrogen-bond acceptors (Lipinski definition) is 3. The molecule has 0 spiro atoms. The van der Waals surface area contributed by atoms with Crippen LogP contribution in [0.3, 0.4) is 0 Å². The number of halogens is 1. The predicted octanol–water partition coefficient (Wildman–Crippen LogP) is 2.15. The van der Waals surface area contributed by atoms with E-state index < -0.39 is 5.92 Å². The topological polar surface area (TPSA) is 67.2 Å². The molecular weight excluding hydrogens is 293 g/mol. The summed E-state index contributed by atoms with van der Waals surface area (Å²) >= 11 is 0. The molecule has 1 aliphatic heterocycles. The summed E-state index contributed by atoms with van der Waals surface area (Å²) in [5.74, 6) is -1.11. The van der Waals surface area contributed by atoms with Crippen LogP contribution in [0.4, 0.5) is 10.1 Å². The van der Waals surface area contributed by atoms with Gasteiger partial charge in [0.25, 0.3) is 0 Å². The fourth-order valence-electron chi connectivity index (χ4n) is 2.93. The van der Waals surface area contributed by atoms with Crippen molar-refractivity contribution in [2.75, 3.05) is 18.4 Å². The first-order chi connectivity index (χ1) is 11.2. The van der Waals surface area contributed by atoms with E-state index in [0.717, 1.165) is 17.7 Å². The highest BCUT2D eigenvalue weighted by molar-refractivity contribution is 5.96. The van der Waals surface area contributed by atoms with Crippen LogP contribution < -0.4 is 16.4 Å². The third kappa shape index (κ3) is 3.25. The molecule has 0 saturated heterocycles. The Bertz CT molecular complexity index is 703. The van der Waals surface area contributed by atoms with Crippen LogP contribution in [-0.2, 0) is 17.8 Å². The van der Waals surface area contributed by atoms with Crippen LogP contribution in [0.15, 0.2) is 42.5 Å². The molecule has 0 fully saturated rings. The molecule has 1 unspecified atom stereocenters. The van der Waals surface area contributed by atoms with Crippen LogP contribution >= 0.6 is 0 Å². The maximum atomic E-state index is 14.6. The third-order valence-electron chi connectivity index (χ3n) is 4.22. The van der Waals surface area contributed by atoms with Crippen LogP contribution in [0.2, 0.25) is 0 Å². The molecule has 0 aliphatic carbocycles. The number of nitrogens with two attached hydrogens (primary N) is 1. The lowest BCUT2D eigenvalue weighted by Crippen LogP contribution is -2.29. The van der Waals surface area contributed by atoms with Crippen molar-refractivity contribution in [3.05, 3.63) is 65.0 Å². The third-order valence-corrected chi connectivity index (χ3v) is 4.22. The molecule has 2 aromatic rings. The number of carbonyl (C=O) groups excluding carboxylic acids is 1. The molecule has 1 heterocycles. The SMILES string of the molecule is NCC(C(=O)Nc1ccc2c(c1F)CCNC2)c1ccccc1. The lowest BCUT2D eigenvalue weighted by Gasteiger charge is -2.21. The van der Waals surface area contributed by atoms with E-state index in [1.165, 1.54) is 0 Å². The Hall–Kier alpha value is -2.24. The summed E-state index contributed by atoms with van der Waals surface area (Å²) in [6.45, 7) is 1.58. The summed E-state index contributed by atoms with van der Waals surface area (Å²) in [4.78, 5) is 12.5. The first-order valence-electron chi connectivity index (χ1n) is 7.77. The lowest BCUT2D eigenvalue weighted by molar-refractivity contribution is -0.117. The summed E-state index contributed by atoms with van der Waals surface area (Å²) in [5.41, 5.74) is 8.44. The van der Waals surface area contributed by atoms with Crippen molar-refractivity contribution < 1.29 is 9.18 Å². The molecule has 1 atom stereocenters. The number of anilines is 1. The number of benzene rings is 2. The molecular formula is C18H20FN3O. The van der Waals surface area contributed by atoms with Crippen LogP contribution in [0.25, 0.3) is 0 Å². The molecule has 23 heavy (non-hydrogen) atoms. The molecule has 1 amide bonds. The van der Waals surface area contributed by atoms with Crippen molar-refractivity contribution >= 4 is 11.6 Å². The molecule has 0 aromatic heterocycles. The summed E-state index contributed by atoms with van der Waals surface area (Å²) in [6.07, 6.45) is 0.629. The fourth-order valence-corrected chi connectivity index (χ4v) is 2.93. The normalized spacial score (nSPS) is 14.9. The Morgan fingerprint density at radius 3 is 2.78 bits per heavy atom. The van der Waals surface area contributed by atoms with E-state index in [2.05, 4.69) is 10.6 Å². The molecule has 0 radical (unpaired) electrons. The minimum absolute atomic E-state index is 0.173. The van der Waals surface area contributed by atoms with Gasteiger partial charge in [-0.3, -0.25) is 4.79 Å². The van der Waals surface area contributed by atoms with Crippen LogP contribution in [0.1, 0.15) is 22.6 Å². The lowest BCUT2D eigenvalue weighted by atomic mass is 9.97. The smallest absolute Gasteiger partial charge is 0.233 e. The second-order valence-corrected chi connectivity index (χ2v) is 5.68. The summed E-state index contributed by atoms with van der Waals surface area (Å²) in [5, 5.41) is 5.90. The Kier molecular flexibility index (Phi) is 4.69. The zero-order valence-corrected chi connectivity index (χ0v) is 12.8. The highest BCUT2D eigenvalue weighted by Crippen LogP contribution is 2.26. The van der Waals surface area contributed by atoms with Crippen molar-refractivity contribution in [1.82, 2.24) is 5.32 Å². The molecule has 0 bridgehead atoms. The van der Waals surface area contributed by atoms with Gasteiger partial charge in [-0.15, -0.1) is 0 Å². The van der Waals surface area contributed by atoms with Gasteiger partial charge >= 0.3 is 0 Å². The standard InChI is InChI=1S/C18H20FN3O/c19-17-14-8-9-21-11-13(14)6-7-16(17)22-18(23)15(10-20)12-4-2-1-3-5-12/h1-7,15,21H,8-11,20H2,(H,22,23). The van der Waals surface area contributed by atoms with E-state index in [1.807, 2.05) is 36.4 Å². The van der Waals surface area contributed by atoms with E-state index in [-0.39, 0.29) is 24.0 Å². The van der Waals surface area contributed by atoms with Crippen molar-refractivity contribution in [3.8, 4) is 0 Å². The first kappa shape index (κ1) is 15.6. The van der Waals surface area contributed by atoms with E-state index >= 15 is 0 Å². The van der Waals surface area contributed by atoms with E-state index in [4.69, 9.17) is 5.73 Å². The molecule has 3 rings (SSSR count). The van der Waals surface area contributed by atoms with E-state index in [9.17, 15) is 9.18 Å². The van der Waals surface area contributed by atoms with E-state index in [0.29, 0.717) is 18.5 Å². The van der Waals surface area contributed by atoms with E-state index in [1.54, 1.807) is 6.07 Å². The number of amides is 1. The van der Waals surface area contributed by atoms with Crippen LogP contribution in [0, 0.1) is 5.82 Å². The molecule has 1 aliphatic rings. The van der Waals surface area contributed by atoms with Crippen LogP contribution in [0.5, 0.6) is 0 Å². The van der Waals surface area contributed by atoms with Gasteiger partial charge in [0.1, 0.15) is 5.82 Å². The Labute approximate surface area is 134 Å². The van der Waals surface area contributed by atoms with Gasteiger partial charge in [-0.1, -0.05) is 36.4 Å². The van der Waals surface area contributed by atoms with Gasteiger partial charge in [0, 0.05) is 13.1 Å². The second kappa shape index (κ2) is 6.89. The van der Waals surface area contributed by atoms with Gasteiger partial charge in [-0.05, 0) is 35.7 Å². The Balaban J connectivity index is 1.82. The monoisotopic (exact) mass is 313 g/mol. The van der Waals surface area contributed by atoms with Crippen molar-refractivity contribution in [2.24, 2.45) is 5.73 Å². The minimum Gasteiger partial charge on any atom is -0.329 e. The van der Waals surface area contributed by atoms with Crippen molar-refractivity contribution in [1.29, 1.82) is 0 Å². The average Bonchev–Trinajstić information content (AvgIpc) is 2.59. The number of carbonyl (C=O) groups is 1. The van der Waals surface area contributed by atoms with Gasteiger partial charge in [-0.2, -0.15) is 0 Å². The second-order valence-electron chi connectivity index (χ2n) is 5.68. The number of hydrogen-bond donors (Lipinski definition) is 3. The first-order valence-corrected chi connectivity index (χ1v) is 7.77.